The standard InChI is InChI=1S/C15H20Cl2N2O3S/c1-8(2)7-10(14(20)18-9-5-3-4-6-9)22-15(21)12-11(16)13(17)23-19-12/h8-10H,3-7H2,1-2H3,(H,18,20)/t10-/m1/s1. The van der Waals surface area contributed by atoms with Gasteiger partial charge < -0.3 is 10.1 Å². The maximum absolute atomic E-state index is 12.4. The summed E-state index contributed by atoms with van der Waals surface area (Å²) in [6, 6.07) is 0.174. The molecule has 1 atom stereocenters. The van der Waals surface area contributed by atoms with Crippen molar-refractivity contribution in [1.29, 1.82) is 0 Å². The van der Waals surface area contributed by atoms with Crippen molar-refractivity contribution in [3.8, 4) is 0 Å². The molecule has 1 aliphatic carbocycles. The average molecular weight is 379 g/mol. The summed E-state index contributed by atoms with van der Waals surface area (Å²) in [5, 5.41) is 3.04. The molecule has 1 saturated carbocycles. The number of aromatic nitrogens is 1. The van der Waals surface area contributed by atoms with Crippen LogP contribution >= 0.6 is 34.7 Å². The first-order valence-electron chi connectivity index (χ1n) is 7.70. The minimum Gasteiger partial charge on any atom is -0.447 e. The van der Waals surface area contributed by atoms with Crippen LogP contribution in [0.4, 0.5) is 0 Å². The molecule has 1 N–H and O–H groups in total. The van der Waals surface area contributed by atoms with Crippen molar-refractivity contribution >= 4 is 46.6 Å². The van der Waals surface area contributed by atoms with E-state index in [9.17, 15) is 9.59 Å². The van der Waals surface area contributed by atoms with Crippen LogP contribution in [0, 0.1) is 5.92 Å². The quantitative estimate of drug-likeness (QED) is 0.757. The van der Waals surface area contributed by atoms with Gasteiger partial charge in [-0.2, -0.15) is 4.37 Å². The summed E-state index contributed by atoms with van der Waals surface area (Å²) in [6.07, 6.45) is 3.78. The minimum absolute atomic E-state index is 0.0379. The molecule has 128 valence electrons. The number of esters is 1. The summed E-state index contributed by atoms with van der Waals surface area (Å²) in [5.74, 6) is -0.765. The third kappa shape index (κ3) is 5.06. The maximum atomic E-state index is 12.4. The molecule has 0 aromatic carbocycles. The van der Waals surface area contributed by atoms with E-state index in [0.717, 1.165) is 37.2 Å². The minimum atomic E-state index is -0.848. The molecule has 0 radical (unpaired) electrons. The van der Waals surface area contributed by atoms with Crippen LogP contribution in [0.2, 0.25) is 9.36 Å². The number of halogens is 2. The van der Waals surface area contributed by atoms with Crippen LogP contribution < -0.4 is 5.32 Å². The van der Waals surface area contributed by atoms with Gasteiger partial charge in [-0.05, 0) is 36.7 Å². The van der Waals surface area contributed by atoms with Crippen molar-refractivity contribution in [2.24, 2.45) is 5.92 Å². The number of ether oxygens (including phenoxy) is 1. The Morgan fingerprint density at radius 1 is 1.35 bits per heavy atom. The lowest BCUT2D eigenvalue weighted by atomic mass is 10.0. The van der Waals surface area contributed by atoms with E-state index in [1.807, 2.05) is 13.8 Å². The molecule has 0 spiro atoms. The van der Waals surface area contributed by atoms with Gasteiger partial charge in [0.05, 0.1) is 0 Å². The van der Waals surface area contributed by atoms with Gasteiger partial charge in [-0.25, -0.2) is 4.79 Å². The van der Waals surface area contributed by atoms with Crippen molar-refractivity contribution in [2.45, 2.75) is 58.1 Å². The summed E-state index contributed by atoms with van der Waals surface area (Å²) < 4.78 is 9.48. The fraction of sp³-hybridized carbons (Fsp3) is 0.667. The van der Waals surface area contributed by atoms with Gasteiger partial charge in [-0.3, -0.25) is 4.79 Å². The van der Waals surface area contributed by atoms with Gasteiger partial charge in [0, 0.05) is 6.04 Å². The van der Waals surface area contributed by atoms with Crippen molar-refractivity contribution < 1.29 is 14.3 Å². The predicted octanol–water partition coefficient (Wildman–Crippen LogP) is 4.08. The zero-order valence-electron chi connectivity index (χ0n) is 13.1. The highest BCUT2D eigenvalue weighted by Crippen LogP contribution is 2.30. The normalized spacial score (nSPS) is 16.6. The largest absolute Gasteiger partial charge is 0.447 e. The number of amides is 1. The smallest absolute Gasteiger partial charge is 0.360 e. The van der Waals surface area contributed by atoms with E-state index in [-0.39, 0.29) is 32.9 Å². The Bertz CT molecular complexity index is 571. The van der Waals surface area contributed by atoms with E-state index in [4.69, 9.17) is 27.9 Å². The Balaban J connectivity index is 2.03. The number of hydrogen-bond donors (Lipinski definition) is 1. The average Bonchev–Trinajstić information content (AvgIpc) is 3.09. The van der Waals surface area contributed by atoms with E-state index >= 15 is 0 Å². The van der Waals surface area contributed by atoms with Gasteiger partial charge in [0.2, 0.25) is 0 Å². The van der Waals surface area contributed by atoms with Crippen molar-refractivity contribution in [2.75, 3.05) is 0 Å². The van der Waals surface area contributed by atoms with E-state index < -0.39 is 12.1 Å². The predicted molar refractivity (Wildman–Crippen MR) is 91.2 cm³/mol. The third-order valence-corrected chi connectivity index (χ3v) is 5.33. The molecule has 1 aromatic rings. The van der Waals surface area contributed by atoms with Crippen LogP contribution in [0.5, 0.6) is 0 Å². The summed E-state index contributed by atoms with van der Waals surface area (Å²) >= 11 is 12.6. The van der Waals surface area contributed by atoms with Gasteiger partial charge in [-0.15, -0.1) is 0 Å². The summed E-state index contributed by atoms with van der Waals surface area (Å²) in [4.78, 5) is 24.6. The van der Waals surface area contributed by atoms with Crippen LogP contribution in [-0.4, -0.2) is 28.4 Å². The highest BCUT2D eigenvalue weighted by molar-refractivity contribution is 7.11. The highest BCUT2D eigenvalue weighted by atomic mass is 35.5. The van der Waals surface area contributed by atoms with E-state index in [0.29, 0.717) is 6.42 Å². The fourth-order valence-electron chi connectivity index (χ4n) is 2.57. The second-order valence-corrected chi connectivity index (χ2v) is 7.89. The first-order chi connectivity index (χ1) is 10.9. The number of nitrogens with zero attached hydrogens (tertiary/aromatic N) is 1. The maximum Gasteiger partial charge on any atom is 0.360 e. The van der Waals surface area contributed by atoms with Crippen LogP contribution in [0.15, 0.2) is 0 Å². The van der Waals surface area contributed by atoms with Gasteiger partial charge >= 0.3 is 5.97 Å². The Hall–Kier alpha value is -0.850. The zero-order chi connectivity index (χ0) is 17.0. The fourth-order valence-corrected chi connectivity index (χ4v) is 3.55. The zero-order valence-corrected chi connectivity index (χ0v) is 15.4. The molecule has 1 amide bonds. The van der Waals surface area contributed by atoms with E-state index in [1.54, 1.807) is 0 Å². The SMILES string of the molecule is CC(C)C[C@@H](OC(=O)c1nsc(Cl)c1Cl)C(=O)NC1CCCC1. The van der Waals surface area contributed by atoms with Crippen molar-refractivity contribution in [3.05, 3.63) is 15.1 Å². The van der Waals surface area contributed by atoms with Gasteiger partial charge in [-0.1, -0.05) is 49.9 Å². The lowest BCUT2D eigenvalue weighted by Crippen LogP contribution is -2.43. The molecular weight excluding hydrogens is 359 g/mol. The number of hydrogen-bond acceptors (Lipinski definition) is 5. The molecule has 1 fully saturated rings. The molecule has 23 heavy (non-hydrogen) atoms. The lowest BCUT2D eigenvalue weighted by Gasteiger charge is -2.21. The number of carbonyl (C=O) groups excluding carboxylic acids is 2. The molecule has 1 heterocycles. The first-order valence-corrected chi connectivity index (χ1v) is 9.23. The van der Waals surface area contributed by atoms with Crippen molar-refractivity contribution in [1.82, 2.24) is 9.69 Å². The highest BCUT2D eigenvalue weighted by Gasteiger charge is 2.29. The van der Waals surface area contributed by atoms with E-state index in [1.165, 1.54) is 0 Å². The van der Waals surface area contributed by atoms with Crippen LogP contribution in [-0.2, 0) is 9.53 Å². The van der Waals surface area contributed by atoms with Crippen LogP contribution in [0.1, 0.15) is 56.4 Å². The summed E-state index contributed by atoms with van der Waals surface area (Å²) in [6.45, 7) is 3.94. The molecule has 0 unspecified atom stereocenters. The topological polar surface area (TPSA) is 68.3 Å². The first kappa shape index (κ1) is 18.5. The molecule has 0 bridgehead atoms. The van der Waals surface area contributed by atoms with E-state index in [2.05, 4.69) is 9.69 Å². The molecule has 8 heteroatoms. The molecule has 1 aromatic heterocycles. The van der Waals surface area contributed by atoms with Crippen LogP contribution in [0.3, 0.4) is 0 Å². The monoisotopic (exact) mass is 378 g/mol. The third-order valence-electron chi connectivity index (χ3n) is 3.72. The Kier molecular flexibility index (Phi) is 6.68. The summed E-state index contributed by atoms with van der Waals surface area (Å²) in [5.41, 5.74) is -0.0379. The second-order valence-electron chi connectivity index (χ2n) is 6.13. The van der Waals surface area contributed by atoms with Crippen LogP contribution in [0.25, 0.3) is 0 Å². The summed E-state index contributed by atoms with van der Waals surface area (Å²) in [7, 11) is 0. The Labute approximate surface area is 149 Å². The Morgan fingerprint density at radius 2 is 2.00 bits per heavy atom. The molecule has 0 saturated heterocycles. The molecule has 0 aliphatic heterocycles. The lowest BCUT2D eigenvalue weighted by molar-refractivity contribution is -0.131. The number of carbonyl (C=O) groups is 2. The molecule has 5 nitrogen and oxygen atoms in total. The second kappa shape index (κ2) is 8.31. The molecular formula is C15H20Cl2N2O3S. The Morgan fingerprint density at radius 3 is 2.52 bits per heavy atom. The van der Waals surface area contributed by atoms with Crippen molar-refractivity contribution in [3.63, 3.8) is 0 Å². The number of nitrogens with one attached hydrogen (secondary N) is 1. The van der Waals surface area contributed by atoms with Gasteiger partial charge in [0.1, 0.15) is 9.36 Å². The van der Waals surface area contributed by atoms with Gasteiger partial charge in [0.25, 0.3) is 5.91 Å². The number of rotatable bonds is 6. The van der Waals surface area contributed by atoms with Gasteiger partial charge in [0.15, 0.2) is 11.8 Å². The molecule has 1 aliphatic rings. The molecule has 2 rings (SSSR count).